The van der Waals surface area contributed by atoms with Crippen molar-refractivity contribution in [1.82, 2.24) is 15.3 Å². The zero-order valence-corrected chi connectivity index (χ0v) is 16.1. The van der Waals surface area contributed by atoms with Gasteiger partial charge >= 0.3 is 5.63 Å². The third-order valence-electron chi connectivity index (χ3n) is 4.65. The Hall–Kier alpha value is -3.61. The van der Waals surface area contributed by atoms with E-state index in [1.54, 1.807) is 24.3 Å². The van der Waals surface area contributed by atoms with E-state index in [9.17, 15) is 9.59 Å². The molecule has 2 heterocycles. The lowest BCUT2D eigenvalue weighted by atomic mass is 10.0. The first-order valence-electron chi connectivity index (χ1n) is 9.40. The number of nitrogens with zero attached hydrogens (tertiary/aromatic N) is 1. The molecule has 1 unspecified atom stereocenters. The normalized spacial score (nSPS) is 12.4. The molecule has 29 heavy (non-hydrogen) atoms. The number of amides is 1. The standard InChI is InChI=1S/C22H21N3O4/c1-13(2)21(22-23-16-5-3-4-6-17(16)24-22)25-19(26)12-28-15-9-7-14-8-10-20(27)29-18(14)11-15/h3-11,13,21H,12H2,1-2H3,(H,23,24)(H,25,26). The van der Waals surface area contributed by atoms with E-state index in [2.05, 4.69) is 15.3 Å². The molecule has 2 aromatic heterocycles. The molecular weight excluding hydrogens is 370 g/mol. The highest BCUT2D eigenvalue weighted by atomic mass is 16.5. The number of hydrogen-bond donors (Lipinski definition) is 2. The van der Waals surface area contributed by atoms with Gasteiger partial charge < -0.3 is 19.5 Å². The lowest BCUT2D eigenvalue weighted by molar-refractivity contribution is -0.124. The van der Waals surface area contributed by atoms with E-state index in [4.69, 9.17) is 9.15 Å². The van der Waals surface area contributed by atoms with Crippen LogP contribution in [-0.4, -0.2) is 22.5 Å². The van der Waals surface area contributed by atoms with E-state index in [1.807, 2.05) is 38.1 Å². The van der Waals surface area contributed by atoms with Crippen LogP contribution in [0.1, 0.15) is 25.7 Å². The summed E-state index contributed by atoms with van der Waals surface area (Å²) in [4.78, 5) is 31.7. The van der Waals surface area contributed by atoms with E-state index < -0.39 is 5.63 Å². The molecule has 1 atom stereocenters. The van der Waals surface area contributed by atoms with E-state index in [-0.39, 0.29) is 24.5 Å². The maximum Gasteiger partial charge on any atom is 0.336 e. The second kappa shape index (κ2) is 7.79. The van der Waals surface area contributed by atoms with Gasteiger partial charge in [-0.3, -0.25) is 4.79 Å². The number of carbonyl (C=O) groups is 1. The molecule has 0 aliphatic heterocycles. The highest BCUT2D eigenvalue weighted by Gasteiger charge is 2.22. The molecule has 0 radical (unpaired) electrons. The molecule has 0 aliphatic rings. The van der Waals surface area contributed by atoms with Crippen LogP contribution < -0.4 is 15.7 Å². The number of aromatic amines is 1. The van der Waals surface area contributed by atoms with Gasteiger partial charge in [0.15, 0.2) is 6.61 Å². The summed E-state index contributed by atoms with van der Waals surface area (Å²) in [6.45, 7) is 3.88. The third-order valence-corrected chi connectivity index (χ3v) is 4.65. The van der Waals surface area contributed by atoms with Crippen molar-refractivity contribution in [3.63, 3.8) is 0 Å². The van der Waals surface area contributed by atoms with Crippen molar-refractivity contribution >= 4 is 27.9 Å². The quantitative estimate of drug-likeness (QED) is 0.490. The predicted molar refractivity (Wildman–Crippen MR) is 110 cm³/mol. The van der Waals surface area contributed by atoms with Crippen LogP contribution in [0.5, 0.6) is 5.75 Å². The molecule has 0 spiro atoms. The number of imidazole rings is 1. The van der Waals surface area contributed by atoms with Crippen LogP contribution in [0.3, 0.4) is 0 Å². The van der Waals surface area contributed by atoms with Crippen molar-refractivity contribution in [3.05, 3.63) is 70.8 Å². The van der Waals surface area contributed by atoms with E-state index in [0.717, 1.165) is 16.4 Å². The van der Waals surface area contributed by atoms with Gasteiger partial charge in [0.25, 0.3) is 5.91 Å². The average Bonchev–Trinajstić information content (AvgIpc) is 3.13. The Labute approximate surface area is 166 Å². The van der Waals surface area contributed by atoms with Gasteiger partial charge in [0.05, 0.1) is 17.1 Å². The topological polar surface area (TPSA) is 97.2 Å². The van der Waals surface area contributed by atoms with E-state index >= 15 is 0 Å². The zero-order valence-electron chi connectivity index (χ0n) is 16.1. The van der Waals surface area contributed by atoms with Crippen molar-refractivity contribution in [1.29, 1.82) is 0 Å². The van der Waals surface area contributed by atoms with Crippen LogP contribution in [0.25, 0.3) is 22.0 Å². The van der Waals surface area contributed by atoms with E-state index in [1.165, 1.54) is 6.07 Å². The molecule has 1 amide bonds. The van der Waals surface area contributed by atoms with Gasteiger partial charge in [-0.25, -0.2) is 9.78 Å². The van der Waals surface area contributed by atoms with Crippen LogP contribution >= 0.6 is 0 Å². The second-order valence-electron chi connectivity index (χ2n) is 7.17. The summed E-state index contributed by atoms with van der Waals surface area (Å²) in [5.41, 5.74) is 1.77. The molecule has 2 N–H and O–H groups in total. The Morgan fingerprint density at radius 3 is 2.76 bits per heavy atom. The Bertz CT molecular complexity index is 1190. The maximum atomic E-state index is 12.5. The van der Waals surface area contributed by atoms with Gasteiger partial charge in [0, 0.05) is 17.5 Å². The fourth-order valence-corrected chi connectivity index (χ4v) is 3.17. The molecule has 4 aromatic rings. The summed E-state index contributed by atoms with van der Waals surface area (Å²) in [6.07, 6.45) is 0. The number of ether oxygens (including phenoxy) is 1. The van der Waals surface area contributed by atoms with Gasteiger partial charge in [0.1, 0.15) is 17.2 Å². The third kappa shape index (κ3) is 4.13. The van der Waals surface area contributed by atoms with Gasteiger partial charge in [-0.05, 0) is 36.2 Å². The summed E-state index contributed by atoms with van der Waals surface area (Å²) in [5, 5.41) is 3.76. The van der Waals surface area contributed by atoms with Crippen molar-refractivity contribution < 1.29 is 13.9 Å². The summed E-state index contributed by atoms with van der Waals surface area (Å²) in [7, 11) is 0. The molecule has 0 fully saturated rings. The molecule has 0 saturated carbocycles. The highest BCUT2D eigenvalue weighted by Crippen LogP contribution is 2.23. The predicted octanol–water partition coefficient (Wildman–Crippen LogP) is 3.56. The zero-order chi connectivity index (χ0) is 20.4. The summed E-state index contributed by atoms with van der Waals surface area (Å²) in [5.74, 6) is 1.03. The number of carbonyl (C=O) groups excluding carboxylic acids is 1. The molecule has 2 aromatic carbocycles. The number of rotatable bonds is 6. The summed E-state index contributed by atoms with van der Waals surface area (Å²) < 4.78 is 10.7. The number of benzene rings is 2. The van der Waals surface area contributed by atoms with Crippen LogP contribution in [0.2, 0.25) is 0 Å². The fourth-order valence-electron chi connectivity index (χ4n) is 3.17. The monoisotopic (exact) mass is 391 g/mol. The number of nitrogens with one attached hydrogen (secondary N) is 2. The van der Waals surface area contributed by atoms with Crippen LogP contribution in [0, 0.1) is 5.92 Å². The minimum absolute atomic E-state index is 0.134. The van der Waals surface area contributed by atoms with E-state index in [0.29, 0.717) is 17.2 Å². The van der Waals surface area contributed by atoms with Crippen LogP contribution in [0.4, 0.5) is 0 Å². The lowest BCUT2D eigenvalue weighted by Crippen LogP contribution is -2.35. The molecule has 0 saturated heterocycles. The van der Waals surface area contributed by atoms with Crippen molar-refractivity contribution in [2.24, 2.45) is 5.92 Å². The number of para-hydroxylation sites is 2. The molecule has 148 valence electrons. The Morgan fingerprint density at radius 2 is 1.97 bits per heavy atom. The molecule has 0 bridgehead atoms. The van der Waals surface area contributed by atoms with Crippen molar-refractivity contribution in [3.8, 4) is 5.75 Å². The summed E-state index contributed by atoms with van der Waals surface area (Å²) in [6, 6.07) is 15.6. The molecule has 7 nitrogen and oxygen atoms in total. The maximum absolute atomic E-state index is 12.5. The average molecular weight is 391 g/mol. The van der Waals surface area contributed by atoms with Crippen LogP contribution in [-0.2, 0) is 4.79 Å². The number of fused-ring (bicyclic) bond motifs is 2. The van der Waals surface area contributed by atoms with Crippen molar-refractivity contribution in [2.75, 3.05) is 6.61 Å². The van der Waals surface area contributed by atoms with Crippen LogP contribution in [0.15, 0.2) is 63.8 Å². The number of aromatic nitrogens is 2. The van der Waals surface area contributed by atoms with Gasteiger partial charge in [-0.2, -0.15) is 0 Å². The Morgan fingerprint density at radius 1 is 1.17 bits per heavy atom. The first kappa shape index (κ1) is 18.7. The molecular formula is C22H21N3O4. The summed E-state index contributed by atoms with van der Waals surface area (Å²) >= 11 is 0. The molecule has 0 aliphatic carbocycles. The Balaban J connectivity index is 1.45. The second-order valence-corrected chi connectivity index (χ2v) is 7.17. The molecule has 7 heteroatoms. The fraction of sp³-hybridized carbons (Fsp3) is 0.227. The first-order chi connectivity index (χ1) is 14.0. The minimum Gasteiger partial charge on any atom is -0.484 e. The van der Waals surface area contributed by atoms with Crippen molar-refractivity contribution in [2.45, 2.75) is 19.9 Å². The molecule has 4 rings (SSSR count). The minimum atomic E-state index is -0.432. The number of hydrogen-bond acceptors (Lipinski definition) is 5. The lowest BCUT2D eigenvalue weighted by Gasteiger charge is -2.20. The first-order valence-corrected chi connectivity index (χ1v) is 9.40. The SMILES string of the molecule is CC(C)C(NC(=O)COc1ccc2ccc(=O)oc2c1)c1nc2ccccc2[nH]1. The van der Waals surface area contributed by atoms with Gasteiger partial charge in [0.2, 0.25) is 0 Å². The smallest absolute Gasteiger partial charge is 0.336 e. The van der Waals surface area contributed by atoms with Gasteiger partial charge in [-0.1, -0.05) is 26.0 Å². The Kier molecular flexibility index (Phi) is 5.03. The highest BCUT2D eigenvalue weighted by molar-refractivity contribution is 5.80. The number of H-pyrrole nitrogens is 1. The largest absolute Gasteiger partial charge is 0.484 e. The van der Waals surface area contributed by atoms with Gasteiger partial charge in [-0.15, -0.1) is 0 Å².